The predicted octanol–water partition coefficient (Wildman–Crippen LogP) is 3.68. The first-order chi connectivity index (χ1) is 9.08. The second-order valence-electron chi connectivity index (χ2n) is 4.35. The Morgan fingerprint density at radius 2 is 2.11 bits per heavy atom. The van der Waals surface area contributed by atoms with Crippen molar-refractivity contribution in [3.63, 3.8) is 0 Å². The number of pyridine rings is 1. The first-order valence-electron chi connectivity index (χ1n) is 5.76. The van der Waals surface area contributed by atoms with Gasteiger partial charge in [0.15, 0.2) is 11.5 Å². The lowest BCUT2D eigenvalue weighted by molar-refractivity contribution is 0.630. The van der Waals surface area contributed by atoms with E-state index in [-0.39, 0.29) is 5.65 Å². The summed E-state index contributed by atoms with van der Waals surface area (Å²) in [6.07, 6.45) is 1.68. The van der Waals surface area contributed by atoms with Gasteiger partial charge in [-0.3, -0.25) is 4.40 Å². The molecule has 0 bridgehead atoms. The van der Waals surface area contributed by atoms with Crippen LogP contribution in [-0.2, 0) is 0 Å². The number of aryl methyl sites for hydroxylation is 1. The van der Waals surface area contributed by atoms with Crippen molar-refractivity contribution in [2.75, 3.05) is 5.73 Å². The zero-order valence-electron chi connectivity index (χ0n) is 10.2. The molecule has 0 fully saturated rings. The minimum Gasteiger partial charge on any atom is -0.383 e. The molecule has 0 amide bonds. The van der Waals surface area contributed by atoms with Gasteiger partial charge in [0, 0.05) is 16.8 Å². The van der Waals surface area contributed by atoms with Crippen LogP contribution in [0.15, 0.2) is 36.5 Å². The molecule has 3 rings (SSSR count). The van der Waals surface area contributed by atoms with Crippen molar-refractivity contribution >= 4 is 23.1 Å². The Hall–Kier alpha value is -2.07. The number of hydrogen-bond donors (Lipinski definition) is 1. The molecule has 0 saturated carbocycles. The van der Waals surface area contributed by atoms with Crippen molar-refractivity contribution < 1.29 is 4.39 Å². The van der Waals surface area contributed by atoms with E-state index in [0.29, 0.717) is 16.5 Å². The smallest absolute Gasteiger partial charge is 0.175 e. The highest BCUT2D eigenvalue weighted by molar-refractivity contribution is 6.30. The molecule has 2 heterocycles. The maximum Gasteiger partial charge on any atom is 0.175 e. The molecule has 0 saturated heterocycles. The number of rotatable bonds is 1. The minimum absolute atomic E-state index is 0.217. The third-order valence-electron chi connectivity index (χ3n) is 3.09. The molecule has 0 aliphatic heterocycles. The maximum absolute atomic E-state index is 13.7. The highest BCUT2D eigenvalue weighted by Crippen LogP contribution is 2.31. The lowest BCUT2D eigenvalue weighted by Gasteiger charge is -2.04. The average molecular weight is 276 g/mol. The molecule has 0 unspecified atom stereocenters. The number of halogens is 2. The van der Waals surface area contributed by atoms with Crippen molar-refractivity contribution in [1.29, 1.82) is 0 Å². The van der Waals surface area contributed by atoms with Gasteiger partial charge >= 0.3 is 0 Å². The molecule has 5 heteroatoms. The topological polar surface area (TPSA) is 43.3 Å². The van der Waals surface area contributed by atoms with Crippen LogP contribution in [0.25, 0.3) is 16.9 Å². The Labute approximate surface area is 114 Å². The van der Waals surface area contributed by atoms with Gasteiger partial charge in [0.1, 0.15) is 11.5 Å². The Kier molecular flexibility index (Phi) is 2.68. The van der Waals surface area contributed by atoms with E-state index < -0.39 is 5.82 Å². The highest BCUT2D eigenvalue weighted by atomic mass is 35.5. The summed E-state index contributed by atoms with van der Waals surface area (Å²) in [6.45, 7) is 1.94. The molecule has 1 aromatic carbocycles. The zero-order valence-corrected chi connectivity index (χ0v) is 10.9. The van der Waals surface area contributed by atoms with Gasteiger partial charge in [-0.2, -0.15) is 0 Å². The Morgan fingerprint density at radius 1 is 1.32 bits per heavy atom. The Morgan fingerprint density at radius 3 is 2.84 bits per heavy atom. The number of benzene rings is 1. The van der Waals surface area contributed by atoms with E-state index in [4.69, 9.17) is 17.3 Å². The number of fused-ring (bicyclic) bond motifs is 1. The number of nitrogen functional groups attached to an aromatic ring is 1. The van der Waals surface area contributed by atoms with Crippen molar-refractivity contribution in [3.05, 3.63) is 52.9 Å². The van der Waals surface area contributed by atoms with Gasteiger partial charge in [0.25, 0.3) is 0 Å². The van der Waals surface area contributed by atoms with Crippen molar-refractivity contribution in [2.24, 2.45) is 0 Å². The molecule has 96 valence electrons. The number of hydrogen-bond acceptors (Lipinski definition) is 2. The van der Waals surface area contributed by atoms with Gasteiger partial charge in [0.2, 0.25) is 0 Å². The fraction of sp³-hybridized carbons (Fsp3) is 0.0714. The molecule has 0 spiro atoms. The van der Waals surface area contributed by atoms with Crippen LogP contribution in [0.1, 0.15) is 5.56 Å². The van der Waals surface area contributed by atoms with E-state index in [0.717, 1.165) is 11.1 Å². The van der Waals surface area contributed by atoms with E-state index in [1.165, 1.54) is 10.5 Å². The van der Waals surface area contributed by atoms with Crippen LogP contribution in [0.3, 0.4) is 0 Å². The molecular formula is C14H11ClFN3. The molecule has 3 aromatic rings. The van der Waals surface area contributed by atoms with E-state index in [1.807, 2.05) is 13.0 Å². The minimum atomic E-state index is -0.403. The van der Waals surface area contributed by atoms with Crippen LogP contribution in [0.5, 0.6) is 0 Å². The second-order valence-corrected chi connectivity index (χ2v) is 4.79. The highest BCUT2D eigenvalue weighted by Gasteiger charge is 2.15. The normalized spacial score (nSPS) is 11.1. The van der Waals surface area contributed by atoms with Crippen LogP contribution in [0.2, 0.25) is 5.02 Å². The summed E-state index contributed by atoms with van der Waals surface area (Å²) in [5.41, 5.74) is 8.61. The van der Waals surface area contributed by atoms with Crippen LogP contribution in [-0.4, -0.2) is 9.38 Å². The largest absolute Gasteiger partial charge is 0.383 e. The molecule has 0 atom stereocenters. The van der Waals surface area contributed by atoms with Crippen LogP contribution < -0.4 is 5.73 Å². The number of nitrogens with zero attached hydrogens (tertiary/aromatic N) is 2. The first-order valence-corrected chi connectivity index (χ1v) is 6.14. The summed E-state index contributed by atoms with van der Waals surface area (Å²) >= 11 is 6.00. The lowest BCUT2D eigenvalue weighted by Crippen LogP contribution is -1.95. The SMILES string of the molecule is Cc1ccc(Cl)cc1-c1nc2c(F)cccn2c1N. The average Bonchev–Trinajstić information content (AvgIpc) is 2.72. The van der Waals surface area contributed by atoms with Gasteiger partial charge in [-0.25, -0.2) is 9.37 Å². The summed E-state index contributed by atoms with van der Waals surface area (Å²) in [5, 5.41) is 0.595. The van der Waals surface area contributed by atoms with Gasteiger partial charge in [-0.15, -0.1) is 0 Å². The number of imidazole rings is 1. The third kappa shape index (κ3) is 1.85. The maximum atomic E-state index is 13.7. The standard InChI is InChI=1S/C14H11ClFN3/c1-8-4-5-9(15)7-10(8)12-13(17)19-6-2-3-11(16)14(19)18-12/h2-7H,17H2,1H3. The molecule has 0 aliphatic rings. The van der Waals surface area contributed by atoms with E-state index >= 15 is 0 Å². The Bertz CT molecular complexity index is 780. The van der Waals surface area contributed by atoms with E-state index in [1.54, 1.807) is 24.4 Å². The quantitative estimate of drug-likeness (QED) is 0.736. The molecule has 2 aromatic heterocycles. The lowest BCUT2D eigenvalue weighted by atomic mass is 10.1. The number of anilines is 1. The summed E-state index contributed by atoms with van der Waals surface area (Å²) in [7, 11) is 0. The number of aromatic nitrogens is 2. The first kappa shape index (κ1) is 12.0. The van der Waals surface area contributed by atoms with Crippen molar-refractivity contribution in [2.45, 2.75) is 6.92 Å². The summed E-state index contributed by atoms with van der Waals surface area (Å²) in [6, 6.07) is 8.42. The molecule has 3 nitrogen and oxygen atoms in total. The molecule has 2 N–H and O–H groups in total. The van der Waals surface area contributed by atoms with E-state index in [2.05, 4.69) is 4.98 Å². The zero-order chi connectivity index (χ0) is 13.6. The monoisotopic (exact) mass is 275 g/mol. The summed E-state index contributed by atoms with van der Waals surface area (Å²) in [5.74, 6) is -0.00000205. The molecule has 19 heavy (non-hydrogen) atoms. The third-order valence-corrected chi connectivity index (χ3v) is 3.33. The van der Waals surface area contributed by atoms with Crippen LogP contribution in [0, 0.1) is 12.7 Å². The summed E-state index contributed by atoms with van der Waals surface area (Å²) in [4.78, 5) is 4.29. The predicted molar refractivity (Wildman–Crippen MR) is 74.7 cm³/mol. The fourth-order valence-corrected chi connectivity index (χ4v) is 2.27. The molecular weight excluding hydrogens is 265 g/mol. The van der Waals surface area contributed by atoms with Crippen LogP contribution in [0.4, 0.5) is 10.2 Å². The van der Waals surface area contributed by atoms with Gasteiger partial charge in [0.05, 0.1) is 0 Å². The van der Waals surface area contributed by atoms with Gasteiger partial charge < -0.3 is 5.73 Å². The molecule has 0 aliphatic carbocycles. The fourth-order valence-electron chi connectivity index (χ4n) is 2.10. The van der Waals surface area contributed by atoms with Crippen molar-refractivity contribution in [3.8, 4) is 11.3 Å². The van der Waals surface area contributed by atoms with Crippen molar-refractivity contribution in [1.82, 2.24) is 9.38 Å². The van der Waals surface area contributed by atoms with Gasteiger partial charge in [-0.05, 0) is 36.8 Å². The van der Waals surface area contributed by atoms with Crippen LogP contribution >= 0.6 is 11.6 Å². The van der Waals surface area contributed by atoms with E-state index in [9.17, 15) is 4.39 Å². The molecule has 0 radical (unpaired) electrons. The summed E-state index contributed by atoms with van der Waals surface area (Å²) < 4.78 is 15.2. The number of nitrogens with two attached hydrogens (primary N) is 1. The second kappa shape index (κ2) is 4.24. The van der Waals surface area contributed by atoms with Gasteiger partial charge in [-0.1, -0.05) is 17.7 Å². The Balaban J connectivity index is 2.34.